The molecule has 1 aromatic heterocycles. The minimum atomic E-state index is -1.53. The molecule has 2 aromatic rings. The van der Waals surface area contributed by atoms with E-state index in [9.17, 15) is 19.5 Å². The Kier molecular flexibility index (Phi) is 5.73. The third kappa shape index (κ3) is 5.44. The maximum Gasteiger partial charge on any atom is 0.408 e. The van der Waals surface area contributed by atoms with E-state index in [0.717, 1.165) is 5.56 Å². The van der Waals surface area contributed by atoms with Gasteiger partial charge in [-0.05, 0) is 45.4 Å². The molecule has 0 aliphatic carbocycles. The van der Waals surface area contributed by atoms with E-state index in [-0.39, 0.29) is 12.2 Å². The van der Waals surface area contributed by atoms with Crippen molar-refractivity contribution in [3.05, 3.63) is 47.7 Å². The number of hydrogen-bond donors (Lipinski definition) is 2. The minimum Gasteiger partial charge on any atom is -0.480 e. The van der Waals surface area contributed by atoms with Crippen LogP contribution >= 0.6 is 0 Å². The summed E-state index contributed by atoms with van der Waals surface area (Å²) in [4.78, 5) is 34.4. The second-order valence-corrected chi connectivity index (χ2v) is 7.46. The Bertz CT molecular complexity index is 831. The summed E-state index contributed by atoms with van der Waals surface area (Å²) >= 11 is 0. The van der Waals surface area contributed by atoms with Crippen LogP contribution in [0.15, 0.2) is 40.8 Å². The van der Waals surface area contributed by atoms with Gasteiger partial charge in [0, 0.05) is 12.0 Å². The van der Waals surface area contributed by atoms with Gasteiger partial charge in [-0.2, -0.15) is 0 Å². The fraction of sp³-hybridized carbons (Fsp3) is 0.350. The molecule has 1 heterocycles. The van der Waals surface area contributed by atoms with Gasteiger partial charge in [-0.25, -0.2) is 9.59 Å². The third-order valence-corrected chi connectivity index (χ3v) is 3.79. The van der Waals surface area contributed by atoms with E-state index in [4.69, 9.17) is 9.15 Å². The molecule has 0 radical (unpaired) electrons. The van der Waals surface area contributed by atoms with Crippen LogP contribution in [0.2, 0.25) is 0 Å². The first-order chi connectivity index (χ1) is 12.5. The monoisotopic (exact) mass is 373 g/mol. The molecule has 144 valence electrons. The lowest BCUT2D eigenvalue weighted by atomic mass is 9.92. The van der Waals surface area contributed by atoms with Crippen molar-refractivity contribution in [1.82, 2.24) is 5.32 Å². The van der Waals surface area contributed by atoms with Gasteiger partial charge in [0.1, 0.15) is 16.9 Å². The standard InChI is InChI=1S/C20H23NO6/c1-19(2,3)27-18(25)21-20(4,17(23)24)11-13-5-7-14(8-6-13)16-10-9-15(12-22)26-16/h5-10,12H,11H2,1-4H3,(H,21,25)(H,23,24). The van der Waals surface area contributed by atoms with Crippen molar-refractivity contribution in [2.45, 2.75) is 45.3 Å². The van der Waals surface area contributed by atoms with Crippen molar-refractivity contribution in [1.29, 1.82) is 0 Å². The number of aliphatic carboxylic acids is 1. The highest BCUT2D eigenvalue weighted by Gasteiger charge is 2.36. The van der Waals surface area contributed by atoms with Crippen LogP contribution in [-0.4, -0.2) is 34.6 Å². The number of carbonyl (C=O) groups excluding carboxylic acids is 2. The van der Waals surface area contributed by atoms with Gasteiger partial charge in [-0.3, -0.25) is 4.79 Å². The van der Waals surface area contributed by atoms with Gasteiger partial charge in [0.2, 0.25) is 0 Å². The molecule has 7 nitrogen and oxygen atoms in total. The van der Waals surface area contributed by atoms with E-state index in [2.05, 4.69) is 5.32 Å². The zero-order chi connectivity index (χ0) is 20.2. The largest absolute Gasteiger partial charge is 0.480 e. The fourth-order valence-corrected chi connectivity index (χ4v) is 2.47. The molecule has 0 saturated carbocycles. The number of hydrogen-bond acceptors (Lipinski definition) is 5. The number of rotatable bonds is 6. The first kappa shape index (κ1) is 20.2. The SMILES string of the molecule is CC(C)(C)OC(=O)NC(C)(Cc1ccc(-c2ccc(C=O)o2)cc1)C(=O)O. The van der Waals surface area contributed by atoms with E-state index < -0.39 is 23.2 Å². The van der Waals surface area contributed by atoms with Crippen molar-refractivity contribution in [3.63, 3.8) is 0 Å². The van der Waals surface area contributed by atoms with Crippen LogP contribution < -0.4 is 5.32 Å². The number of amides is 1. The second-order valence-electron chi connectivity index (χ2n) is 7.46. The quantitative estimate of drug-likeness (QED) is 0.749. The van der Waals surface area contributed by atoms with Gasteiger partial charge in [0.25, 0.3) is 0 Å². The molecule has 27 heavy (non-hydrogen) atoms. The van der Waals surface area contributed by atoms with Crippen LogP contribution in [0, 0.1) is 0 Å². The number of ether oxygens (including phenoxy) is 1. The predicted octanol–water partition coefficient (Wildman–Crippen LogP) is 3.67. The summed E-state index contributed by atoms with van der Waals surface area (Å²) in [5, 5.41) is 12.0. The molecule has 0 aliphatic heterocycles. The van der Waals surface area contributed by atoms with Crippen LogP contribution in [-0.2, 0) is 16.0 Å². The van der Waals surface area contributed by atoms with Gasteiger partial charge < -0.3 is 19.6 Å². The molecule has 7 heteroatoms. The predicted molar refractivity (Wildman–Crippen MR) is 98.6 cm³/mol. The van der Waals surface area contributed by atoms with Crippen molar-refractivity contribution in [3.8, 4) is 11.3 Å². The van der Waals surface area contributed by atoms with Crippen molar-refractivity contribution in [2.75, 3.05) is 0 Å². The number of benzene rings is 1. The highest BCUT2D eigenvalue weighted by atomic mass is 16.6. The fourth-order valence-electron chi connectivity index (χ4n) is 2.47. The van der Waals surface area contributed by atoms with E-state index in [1.807, 2.05) is 0 Å². The molecule has 2 rings (SSSR count). The number of nitrogens with one attached hydrogen (secondary N) is 1. The summed E-state index contributed by atoms with van der Waals surface area (Å²) in [6.45, 7) is 6.53. The minimum absolute atomic E-state index is 0.0690. The molecule has 0 aliphatic rings. The first-order valence-electron chi connectivity index (χ1n) is 8.41. The lowest BCUT2D eigenvalue weighted by Gasteiger charge is -2.28. The zero-order valence-corrected chi connectivity index (χ0v) is 15.7. The molecule has 1 aromatic carbocycles. The van der Waals surface area contributed by atoms with E-state index >= 15 is 0 Å². The summed E-state index contributed by atoms with van der Waals surface area (Å²) in [5.41, 5.74) is -0.792. The van der Waals surface area contributed by atoms with Crippen molar-refractivity contribution in [2.24, 2.45) is 0 Å². The summed E-state index contributed by atoms with van der Waals surface area (Å²) < 4.78 is 10.5. The average Bonchev–Trinajstić information content (AvgIpc) is 3.02. The number of alkyl carbamates (subject to hydrolysis) is 1. The van der Waals surface area contributed by atoms with Gasteiger partial charge in [0.05, 0.1) is 0 Å². The molecule has 0 saturated heterocycles. The molecule has 2 N–H and O–H groups in total. The Morgan fingerprint density at radius 1 is 1.11 bits per heavy atom. The normalized spacial score (nSPS) is 13.5. The molecule has 0 spiro atoms. The van der Waals surface area contributed by atoms with Gasteiger partial charge in [0.15, 0.2) is 12.0 Å². The highest BCUT2D eigenvalue weighted by molar-refractivity contribution is 5.84. The Balaban J connectivity index is 2.14. The van der Waals surface area contributed by atoms with E-state index in [0.29, 0.717) is 17.6 Å². The Hall–Kier alpha value is -3.09. The maximum absolute atomic E-state index is 12.0. The van der Waals surface area contributed by atoms with Crippen LogP contribution in [0.5, 0.6) is 0 Å². The molecule has 0 bridgehead atoms. The van der Waals surface area contributed by atoms with Gasteiger partial charge in [-0.15, -0.1) is 0 Å². The number of carbonyl (C=O) groups is 3. The molecular weight excluding hydrogens is 350 g/mol. The Morgan fingerprint density at radius 3 is 2.22 bits per heavy atom. The molecule has 1 amide bonds. The molecule has 1 atom stereocenters. The van der Waals surface area contributed by atoms with Crippen LogP contribution in [0.25, 0.3) is 11.3 Å². The smallest absolute Gasteiger partial charge is 0.408 e. The summed E-state index contributed by atoms with van der Waals surface area (Å²) in [6, 6.07) is 10.3. The summed E-state index contributed by atoms with van der Waals surface area (Å²) in [7, 11) is 0. The van der Waals surface area contributed by atoms with E-state index in [1.54, 1.807) is 57.2 Å². The number of aldehydes is 1. The number of carboxylic acid groups (broad SMARTS) is 1. The second kappa shape index (κ2) is 7.65. The molecular formula is C20H23NO6. The highest BCUT2D eigenvalue weighted by Crippen LogP contribution is 2.23. The molecule has 1 unspecified atom stereocenters. The number of carboxylic acids is 1. The summed E-state index contributed by atoms with van der Waals surface area (Å²) in [6.07, 6.45) is -0.0982. The van der Waals surface area contributed by atoms with Crippen LogP contribution in [0.1, 0.15) is 43.8 Å². The Labute approximate surface area is 157 Å². The Morgan fingerprint density at radius 2 is 1.74 bits per heavy atom. The topological polar surface area (TPSA) is 106 Å². The van der Waals surface area contributed by atoms with Gasteiger partial charge in [-0.1, -0.05) is 24.3 Å². The van der Waals surface area contributed by atoms with Crippen molar-refractivity contribution < 1.29 is 28.6 Å². The maximum atomic E-state index is 12.0. The number of furan rings is 1. The van der Waals surface area contributed by atoms with Gasteiger partial charge >= 0.3 is 12.1 Å². The lowest BCUT2D eigenvalue weighted by Crippen LogP contribution is -2.54. The lowest BCUT2D eigenvalue weighted by molar-refractivity contribution is -0.144. The van der Waals surface area contributed by atoms with Crippen molar-refractivity contribution >= 4 is 18.3 Å². The zero-order valence-electron chi connectivity index (χ0n) is 15.7. The van der Waals surface area contributed by atoms with Crippen LogP contribution in [0.3, 0.4) is 0 Å². The molecule has 0 fully saturated rings. The van der Waals surface area contributed by atoms with Crippen LogP contribution in [0.4, 0.5) is 4.79 Å². The van der Waals surface area contributed by atoms with E-state index in [1.165, 1.54) is 6.92 Å². The average molecular weight is 373 g/mol. The first-order valence-corrected chi connectivity index (χ1v) is 8.41. The third-order valence-electron chi connectivity index (χ3n) is 3.79. The summed E-state index contributed by atoms with van der Waals surface area (Å²) in [5.74, 6) is -0.398.